The van der Waals surface area contributed by atoms with Crippen LogP contribution < -0.4 is 0 Å². The lowest BCUT2D eigenvalue weighted by Gasteiger charge is -2.29. The first kappa shape index (κ1) is 23.5. The van der Waals surface area contributed by atoms with Gasteiger partial charge >= 0.3 is 19.8 Å². The van der Waals surface area contributed by atoms with Gasteiger partial charge in [-0.25, -0.2) is 9.59 Å². The third kappa shape index (κ3) is 7.16. The van der Waals surface area contributed by atoms with Gasteiger partial charge in [0.25, 0.3) is 0 Å². The fourth-order valence-electron chi connectivity index (χ4n) is 2.30. The van der Waals surface area contributed by atoms with Crippen molar-refractivity contribution in [3.8, 4) is 0 Å². The minimum atomic E-state index is -3.43. The summed E-state index contributed by atoms with van der Waals surface area (Å²) in [5.74, 6) is 0. The zero-order valence-electron chi connectivity index (χ0n) is 17.2. The van der Waals surface area contributed by atoms with Crippen molar-refractivity contribution in [3.05, 3.63) is 11.4 Å². The van der Waals surface area contributed by atoms with Gasteiger partial charge in [0.05, 0.1) is 6.04 Å². The molecule has 156 valence electrons. The van der Waals surface area contributed by atoms with Crippen LogP contribution in [0.4, 0.5) is 9.59 Å². The zero-order chi connectivity index (χ0) is 21.0. The molecule has 0 fully saturated rings. The monoisotopic (exact) mass is 407 g/mol. The Morgan fingerprint density at radius 2 is 1.56 bits per heavy atom. The van der Waals surface area contributed by atoms with E-state index >= 15 is 0 Å². The Hall–Kier alpha value is -1.57. The lowest BCUT2D eigenvalue weighted by atomic mass is 10.2. The molecule has 0 spiro atoms. The van der Waals surface area contributed by atoms with E-state index in [0.717, 1.165) is 5.06 Å². The van der Waals surface area contributed by atoms with E-state index in [1.165, 1.54) is 20.3 Å². The van der Waals surface area contributed by atoms with E-state index in [-0.39, 0.29) is 0 Å². The van der Waals surface area contributed by atoms with Gasteiger partial charge in [0.2, 0.25) is 0 Å². The molecule has 0 aromatic rings. The molecule has 1 atom stereocenters. The van der Waals surface area contributed by atoms with Crippen molar-refractivity contribution in [1.82, 2.24) is 5.06 Å². The van der Waals surface area contributed by atoms with Gasteiger partial charge in [0.1, 0.15) is 11.2 Å². The molecule has 1 unspecified atom stereocenters. The van der Waals surface area contributed by atoms with E-state index in [9.17, 15) is 14.2 Å². The van der Waals surface area contributed by atoms with Gasteiger partial charge < -0.3 is 18.5 Å². The number of hydrogen-bond acceptors (Lipinski definition) is 8. The van der Waals surface area contributed by atoms with Gasteiger partial charge in [0, 0.05) is 19.5 Å². The Kier molecular flexibility index (Phi) is 7.50. The highest BCUT2D eigenvalue weighted by Gasteiger charge is 2.39. The van der Waals surface area contributed by atoms with E-state index in [0.29, 0.717) is 18.2 Å². The van der Waals surface area contributed by atoms with Crippen LogP contribution in [0, 0.1) is 0 Å². The average molecular weight is 407 g/mol. The first-order valence-electron chi connectivity index (χ1n) is 8.56. The number of carbonyl (C=O) groups excluding carboxylic acids is 2. The Bertz CT molecular complexity index is 624. The molecule has 0 saturated heterocycles. The van der Waals surface area contributed by atoms with Gasteiger partial charge in [-0.2, -0.15) is 0 Å². The Morgan fingerprint density at radius 1 is 1.04 bits per heavy atom. The number of amides is 1. The predicted molar refractivity (Wildman–Crippen MR) is 98.1 cm³/mol. The number of carbonyl (C=O) groups is 2. The first-order chi connectivity index (χ1) is 12.2. The number of allylic oxidation sites excluding steroid dienone is 1. The topological polar surface area (TPSA) is 101 Å². The number of hydroxylamine groups is 2. The zero-order valence-corrected chi connectivity index (χ0v) is 18.1. The summed E-state index contributed by atoms with van der Waals surface area (Å²) in [6.45, 7) is 10.1. The molecule has 0 aromatic heterocycles. The minimum Gasteiger partial charge on any atom is -0.442 e. The molecular weight excluding hydrogens is 377 g/mol. The molecule has 0 aromatic carbocycles. The second-order valence-corrected chi connectivity index (χ2v) is 10.3. The van der Waals surface area contributed by atoms with Crippen LogP contribution in [-0.2, 0) is 27.9 Å². The van der Waals surface area contributed by atoms with Crippen LogP contribution >= 0.6 is 7.60 Å². The highest BCUT2D eigenvalue weighted by Crippen LogP contribution is 2.58. The maximum absolute atomic E-state index is 12.6. The highest BCUT2D eigenvalue weighted by atomic mass is 31.2. The average Bonchev–Trinajstić information content (AvgIpc) is 2.98. The summed E-state index contributed by atoms with van der Waals surface area (Å²) in [6, 6.07) is -0.694. The van der Waals surface area contributed by atoms with E-state index < -0.39 is 37.1 Å². The van der Waals surface area contributed by atoms with Gasteiger partial charge in [-0.05, 0) is 60.5 Å². The van der Waals surface area contributed by atoms with Crippen LogP contribution in [0.3, 0.4) is 0 Å². The van der Waals surface area contributed by atoms with E-state index in [2.05, 4.69) is 0 Å². The normalized spacial score (nSPS) is 17.9. The SMILES string of the molecule is COP(=O)(OC)C1=CC(N(OC(=O)OC(C)(C)C)C(=O)OC(C)(C)C)CC1. The highest BCUT2D eigenvalue weighted by molar-refractivity contribution is 7.58. The van der Waals surface area contributed by atoms with Crippen molar-refractivity contribution >= 4 is 19.8 Å². The van der Waals surface area contributed by atoms with E-state index in [1.54, 1.807) is 41.5 Å². The Morgan fingerprint density at radius 3 is 2.00 bits per heavy atom. The second kappa shape index (κ2) is 8.63. The van der Waals surface area contributed by atoms with Gasteiger partial charge in [-0.15, -0.1) is 5.06 Å². The van der Waals surface area contributed by atoms with Crippen molar-refractivity contribution in [1.29, 1.82) is 0 Å². The maximum atomic E-state index is 12.6. The number of hydrogen-bond donors (Lipinski definition) is 0. The van der Waals surface area contributed by atoms with Crippen LogP contribution in [0.2, 0.25) is 0 Å². The molecular formula is C17H30NO8P. The van der Waals surface area contributed by atoms with Crippen LogP contribution in [0.1, 0.15) is 54.4 Å². The fourth-order valence-corrected chi connectivity index (χ4v) is 3.68. The van der Waals surface area contributed by atoms with E-state index in [4.69, 9.17) is 23.4 Å². The second-order valence-electron chi connectivity index (χ2n) is 7.99. The molecule has 0 bridgehead atoms. The summed E-state index contributed by atoms with van der Waals surface area (Å²) >= 11 is 0. The summed E-state index contributed by atoms with van der Waals surface area (Å²) in [4.78, 5) is 29.7. The molecule has 0 saturated carbocycles. The lowest BCUT2D eigenvalue weighted by Crippen LogP contribution is -2.44. The first-order valence-corrected chi connectivity index (χ1v) is 10.1. The summed E-state index contributed by atoms with van der Waals surface area (Å²) in [5, 5.41) is 1.20. The largest absolute Gasteiger partial charge is 0.534 e. The smallest absolute Gasteiger partial charge is 0.442 e. The molecule has 9 nitrogen and oxygen atoms in total. The van der Waals surface area contributed by atoms with Crippen LogP contribution in [0.15, 0.2) is 11.4 Å². The van der Waals surface area contributed by atoms with Crippen molar-refractivity contribution in [2.45, 2.75) is 71.6 Å². The molecule has 1 rings (SSSR count). The summed E-state index contributed by atoms with van der Waals surface area (Å²) in [6.07, 6.45) is 0.328. The van der Waals surface area contributed by atoms with Gasteiger partial charge in [-0.3, -0.25) is 9.40 Å². The molecule has 1 aliphatic carbocycles. The quantitative estimate of drug-likeness (QED) is 0.378. The molecule has 10 heteroatoms. The number of rotatable bonds is 4. The molecule has 1 aliphatic rings. The van der Waals surface area contributed by atoms with Crippen molar-refractivity contribution in [2.24, 2.45) is 0 Å². The Labute approximate surface area is 160 Å². The molecule has 0 radical (unpaired) electrons. The van der Waals surface area contributed by atoms with Crippen LogP contribution in [0.25, 0.3) is 0 Å². The molecule has 0 N–H and O–H groups in total. The summed E-state index contributed by atoms with van der Waals surface area (Å²) in [5.41, 5.74) is -1.60. The van der Waals surface area contributed by atoms with Gasteiger partial charge in [-0.1, -0.05) is 0 Å². The van der Waals surface area contributed by atoms with Crippen molar-refractivity contribution in [2.75, 3.05) is 14.2 Å². The van der Waals surface area contributed by atoms with Crippen LogP contribution in [-0.4, -0.2) is 48.8 Å². The number of nitrogens with zero attached hydrogens (tertiary/aromatic N) is 1. The molecule has 1 amide bonds. The summed E-state index contributed by atoms with van der Waals surface area (Å²) in [7, 11) is -0.876. The van der Waals surface area contributed by atoms with Gasteiger partial charge in [0.15, 0.2) is 0 Å². The molecule has 27 heavy (non-hydrogen) atoms. The fraction of sp³-hybridized carbons (Fsp3) is 0.765. The number of ether oxygens (including phenoxy) is 2. The third-order valence-corrected chi connectivity index (χ3v) is 5.39. The summed E-state index contributed by atoms with van der Waals surface area (Å²) < 4.78 is 32.9. The molecule has 0 aliphatic heterocycles. The third-order valence-electron chi connectivity index (χ3n) is 3.35. The minimum absolute atomic E-state index is 0.348. The van der Waals surface area contributed by atoms with Crippen molar-refractivity contribution < 1.29 is 37.5 Å². The predicted octanol–water partition coefficient (Wildman–Crippen LogP) is 4.62. The maximum Gasteiger partial charge on any atom is 0.534 e. The van der Waals surface area contributed by atoms with Crippen molar-refractivity contribution in [3.63, 3.8) is 0 Å². The van der Waals surface area contributed by atoms with Crippen LogP contribution in [0.5, 0.6) is 0 Å². The van der Waals surface area contributed by atoms with E-state index in [1.807, 2.05) is 0 Å². The Balaban J connectivity index is 3.08. The molecule has 0 heterocycles. The lowest BCUT2D eigenvalue weighted by molar-refractivity contribution is -0.147. The standard InChI is InChI=1S/C17H30NO8P/c1-16(2,3)24-14(19)18(26-15(20)25-17(4,5)6)12-9-10-13(11-12)27(21,22-7)23-8/h11-12H,9-10H2,1-8H3.